The summed E-state index contributed by atoms with van der Waals surface area (Å²) in [5.41, 5.74) is 0. The molecule has 3 fully saturated rings. The lowest BCUT2D eigenvalue weighted by Gasteiger charge is -2.36. The summed E-state index contributed by atoms with van der Waals surface area (Å²) < 4.78 is 0. The average Bonchev–Trinajstić information content (AvgIpc) is 2.62. The summed E-state index contributed by atoms with van der Waals surface area (Å²) in [5, 5.41) is 2.33. The number of nitrogens with zero attached hydrogens (tertiary/aromatic N) is 2. The van der Waals surface area contributed by atoms with Gasteiger partial charge in [-0.1, -0.05) is 19.3 Å². The number of urea groups is 1. The van der Waals surface area contributed by atoms with Crippen molar-refractivity contribution in [1.82, 2.24) is 10.2 Å². The van der Waals surface area contributed by atoms with Crippen LogP contribution in [-0.4, -0.2) is 61.2 Å². The molecule has 4 amide bonds. The zero-order chi connectivity index (χ0) is 17.6. The maximum Gasteiger partial charge on any atom is 0.331 e. The van der Waals surface area contributed by atoms with E-state index in [2.05, 4.69) is 10.3 Å². The van der Waals surface area contributed by atoms with Gasteiger partial charge in [-0.15, -0.1) is 0 Å². The van der Waals surface area contributed by atoms with Crippen molar-refractivity contribution in [2.45, 2.75) is 57.4 Å². The summed E-state index contributed by atoms with van der Waals surface area (Å²) >= 11 is 0. The summed E-state index contributed by atoms with van der Waals surface area (Å²) in [6.45, 7) is 3.92. The molecule has 1 aliphatic carbocycles. The zero-order valence-electron chi connectivity index (χ0n) is 14.8. The van der Waals surface area contributed by atoms with E-state index in [9.17, 15) is 14.4 Å². The van der Waals surface area contributed by atoms with E-state index < -0.39 is 23.8 Å². The van der Waals surface area contributed by atoms with Gasteiger partial charge in [0.05, 0.1) is 26.2 Å². The van der Waals surface area contributed by atoms with Crippen LogP contribution in [0.4, 0.5) is 4.79 Å². The topological polar surface area (TPSA) is 83.3 Å². The number of likely N-dealkylation sites (tertiary alicyclic amines) is 1. The highest BCUT2D eigenvalue weighted by Crippen LogP contribution is 2.25. The van der Waals surface area contributed by atoms with Crippen LogP contribution >= 0.6 is 0 Å². The molecule has 0 unspecified atom stereocenters. The quantitative estimate of drug-likeness (QED) is 0.548. The van der Waals surface area contributed by atoms with Gasteiger partial charge < -0.3 is 4.90 Å². The fraction of sp³-hybridized carbons (Fsp3) is 0.778. The third-order valence-electron chi connectivity index (χ3n) is 5.58. The Morgan fingerprint density at radius 2 is 1.72 bits per heavy atom. The van der Waals surface area contributed by atoms with E-state index in [1.54, 1.807) is 4.90 Å². The van der Waals surface area contributed by atoms with Crippen molar-refractivity contribution in [3.8, 4) is 0 Å². The number of hydrogen-bond acceptors (Lipinski definition) is 4. The van der Waals surface area contributed by atoms with Gasteiger partial charge in [-0.2, -0.15) is 0 Å². The Labute approximate surface area is 148 Å². The van der Waals surface area contributed by atoms with Crippen molar-refractivity contribution < 1.29 is 19.3 Å². The van der Waals surface area contributed by atoms with Crippen LogP contribution in [0.5, 0.6) is 0 Å². The number of aliphatic imine (C=N–C) groups is 1. The van der Waals surface area contributed by atoms with Crippen LogP contribution in [-0.2, 0) is 9.59 Å². The molecule has 0 bridgehead atoms. The van der Waals surface area contributed by atoms with E-state index in [0.717, 1.165) is 38.6 Å². The van der Waals surface area contributed by atoms with Crippen molar-refractivity contribution >= 4 is 24.1 Å². The van der Waals surface area contributed by atoms with Crippen LogP contribution in [0, 0.1) is 5.92 Å². The lowest BCUT2D eigenvalue weighted by molar-refractivity contribution is -0.903. The van der Waals surface area contributed by atoms with Crippen molar-refractivity contribution in [3.05, 3.63) is 0 Å². The molecule has 138 valence electrons. The SMILES string of the molecule is O=C1NC(=O)N(C2CCCCC2)C(=O)[C@@H]1C=NCC[NH+]1CCCCC1. The zero-order valence-corrected chi connectivity index (χ0v) is 14.8. The van der Waals surface area contributed by atoms with Gasteiger partial charge in [0.2, 0.25) is 11.8 Å². The first-order chi connectivity index (χ1) is 12.2. The largest absolute Gasteiger partial charge is 0.333 e. The standard InChI is InChI=1S/C18H28N4O3/c23-16-15(13-19-9-12-21-10-5-2-6-11-21)17(24)22(18(25)20-16)14-7-3-1-4-8-14/h13-15H,1-12H2,(H,20,23,25)/p+1/t15-/m1/s1. The van der Waals surface area contributed by atoms with Gasteiger partial charge in [-0.25, -0.2) is 4.79 Å². The van der Waals surface area contributed by atoms with Crippen LogP contribution in [0.3, 0.4) is 0 Å². The van der Waals surface area contributed by atoms with Crippen LogP contribution in [0.25, 0.3) is 0 Å². The van der Waals surface area contributed by atoms with E-state index in [4.69, 9.17) is 0 Å². The fourth-order valence-electron chi connectivity index (χ4n) is 4.13. The first kappa shape index (κ1) is 18.0. The van der Waals surface area contributed by atoms with Crippen LogP contribution < -0.4 is 10.2 Å². The molecule has 1 saturated carbocycles. The number of nitrogens with one attached hydrogen (secondary N) is 2. The fourth-order valence-corrected chi connectivity index (χ4v) is 4.13. The monoisotopic (exact) mass is 349 g/mol. The minimum absolute atomic E-state index is 0.0805. The summed E-state index contributed by atoms with van der Waals surface area (Å²) in [5.74, 6) is -1.91. The van der Waals surface area contributed by atoms with Gasteiger partial charge >= 0.3 is 6.03 Å². The maximum absolute atomic E-state index is 12.7. The normalized spacial score (nSPS) is 27.1. The Balaban J connectivity index is 1.57. The molecular weight excluding hydrogens is 320 g/mol. The molecule has 0 radical (unpaired) electrons. The minimum Gasteiger partial charge on any atom is -0.333 e. The molecule has 0 aromatic carbocycles. The van der Waals surface area contributed by atoms with Gasteiger partial charge in [-0.3, -0.25) is 24.8 Å². The highest BCUT2D eigenvalue weighted by atomic mass is 16.2. The molecule has 0 spiro atoms. The highest BCUT2D eigenvalue weighted by Gasteiger charge is 2.42. The number of amides is 4. The van der Waals surface area contributed by atoms with Gasteiger partial charge in [0.25, 0.3) is 0 Å². The number of imide groups is 2. The van der Waals surface area contributed by atoms with Crippen molar-refractivity contribution in [2.75, 3.05) is 26.2 Å². The second-order valence-electron chi connectivity index (χ2n) is 7.39. The number of barbiturate groups is 1. The Morgan fingerprint density at radius 1 is 1.04 bits per heavy atom. The number of hydrogen-bond donors (Lipinski definition) is 2. The lowest BCUT2D eigenvalue weighted by Crippen LogP contribution is -3.13. The predicted octanol–water partition coefficient (Wildman–Crippen LogP) is 0.153. The first-order valence-electron chi connectivity index (χ1n) is 9.68. The molecule has 2 N–H and O–H groups in total. The minimum atomic E-state index is -0.962. The molecule has 3 rings (SSSR count). The van der Waals surface area contributed by atoms with Crippen molar-refractivity contribution in [3.63, 3.8) is 0 Å². The molecule has 1 atom stereocenters. The Hall–Kier alpha value is -1.76. The van der Waals surface area contributed by atoms with Gasteiger partial charge in [-0.05, 0) is 32.1 Å². The Morgan fingerprint density at radius 3 is 2.44 bits per heavy atom. The molecule has 0 aromatic rings. The maximum atomic E-state index is 12.7. The number of piperidine rings is 1. The molecule has 2 heterocycles. The van der Waals surface area contributed by atoms with Crippen molar-refractivity contribution in [2.24, 2.45) is 10.9 Å². The van der Waals surface area contributed by atoms with Crippen LogP contribution in [0.15, 0.2) is 4.99 Å². The van der Waals surface area contributed by atoms with Gasteiger partial charge in [0.15, 0.2) is 5.92 Å². The van der Waals surface area contributed by atoms with Gasteiger partial charge in [0, 0.05) is 12.3 Å². The third kappa shape index (κ3) is 4.45. The van der Waals surface area contributed by atoms with Crippen LogP contribution in [0.1, 0.15) is 51.4 Å². The molecule has 25 heavy (non-hydrogen) atoms. The molecule has 7 heteroatoms. The van der Waals surface area contributed by atoms with Crippen LogP contribution in [0.2, 0.25) is 0 Å². The average molecular weight is 349 g/mol. The number of carbonyl (C=O) groups is 3. The smallest absolute Gasteiger partial charge is 0.331 e. The Bertz CT molecular complexity index is 536. The molecule has 3 aliphatic rings. The molecule has 7 nitrogen and oxygen atoms in total. The van der Waals surface area contributed by atoms with E-state index in [1.807, 2.05) is 0 Å². The summed E-state index contributed by atoms with van der Waals surface area (Å²) in [6, 6.07) is -0.646. The molecule has 2 aliphatic heterocycles. The summed E-state index contributed by atoms with van der Waals surface area (Å²) in [7, 11) is 0. The molecule has 0 aromatic heterocycles. The van der Waals surface area contributed by atoms with E-state index in [0.29, 0.717) is 6.54 Å². The molecule has 2 saturated heterocycles. The highest BCUT2D eigenvalue weighted by molar-refractivity contribution is 6.23. The second-order valence-corrected chi connectivity index (χ2v) is 7.39. The van der Waals surface area contributed by atoms with Gasteiger partial charge in [0.1, 0.15) is 0 Å². The van der Waals surface area contributed by atoms with Crippen molar-refractivity contribution in [1.29, 1.82) is 0 Å². The predicted molar refractivity (Wildman–Crippen MR) is 93.5 cm³/mol. The number of rotatable bonds is 5. The second kappa shape index (κ2) is 8.56. The van der Waals surface area contributed by atoms with E-state index >= 15 is 0 Å². The first-order valence-corrected chi connectivity index (χ1v) is 9.68. The third-order valence-corrected chi connectivity index (χ3v) is 5.58. The number of quaternary nitrogens is 1. The van der Waals surface area contributed by atoms with E-state index in [1.165, 1.54) is 43.5 Å². The summed E-state index contributed by atoms with van der Waals surface area (Å²) in [4.78, 5) is 44.0. The van der Waals surface area contributed by atoms with E-state index in [-0.39, 0.29) is 6.04 Å². The number of carbonyl (C=O) groups excluding carboxylic acids is 3. The Kier molecular flexibility index (Phi) is 6.18. The summed E-state index contributed by atoms with van der Waals surface area (Å²) in [6.07, 6.45) is 10.1. The molecular formula is C18H29N4O3+. The lowest BCUT2D eigenvalue weighted by atomic mass is 9.92.